The Bertz CT molecular complexity index is 803. The van der Waals surface area contributed by atoms with Crippen LogP contribution in [0.4, 0.5) is 5.69 Å². The van der Waals surface area contributed by atoms with Crippen LogP contribution >= 0.6 is 11.6 Å². The molecule has 0 spiro atoms. The standard InChI is InChI=1S/C24H31ClN2O3/c1-19(25)23(28)27(21-8-10-22(30-2)11-9-21)18-24(29)13-16-26(17-14-24)15-12-20-6-4-3-5-7-20/h3-11,19,29H,12-18H2,1-2H3. The first-order valence-electron chi connectivity index (χ1n) is 10.5. The summed E-state index contributed by atoms with van der Waals surface area (Å²) in [6, 6.07) is 17.7. The normalized spacial score (nSPS) is 17.3. The lowest BCUT2D eigenvalue weighted by Gasteiger charge is -2.41. The van der Waals surface area contributed by atoms with Gasteiger partial charge < -0.3 is 19.6 Å². The Morgan fingerprint density at radius 2 is 1.80 bits per heavy atom. The Balaban J connectivity index is 1.62. The molecule has 5 nitrogen and oxygen atoms in total. The van der Waals surface area contributed by atoms with Crippen molar-refractivity contribution in [3.63, 3.8) is 0 Å². The number of carbonyl (C=O) groups excluding carboxylic acids is 1. The second-order valence-corrected chi connectivity index (χ2v) is 8.69. The van der Waals surface area contributed by atoms with E-state index in [2.05, 4.69) is 29.2 Å². The Morgan fingerprint density at radius 1 is 1.17 bits per heavy atom. The molecular formula is C24H31ClN2O3. The number of hydrogen-bond donors (Lipinski definition) is 1. The van der Waals surface area contributed by atoms with Gasteiger partial charge in [0.25, 0.3) is 0 Å². The van der Waals surface area contributed by atoms with Crippen molar-refractivity contribution < 1.29 is 14.6 Å². The number of methoxy groups -OCH3 is 1. The Morgan fingerprint density at radius 3 is 2.37 bits per heavy atom. The van der Waals surface area contributed by atoms with E-state index in [0.29, 0.717) is 18.5 Å². The number of benzene rings is 2. The summed E-state index contributed by atoms with van der Waals surface area (Å²) >= 11 is 6.11. The predicted octanol–water partition coefficient (Wildman–Crippen LogP) is 3.73. The van der Waals surface area contributed by atoms with Gasteiger partial charge in [-0.25, -0.2) is 0 Å². The number of likely N-dealkylation sites (tertiary alicyclic amines) is 1. The van der Waals surface area contributed by atoms with Gasteiger partial charge in [0.05, 0.1) is 19.3 Å². The molecule has 1 N–H and O–H groups in total. The van der Waals surface area contributed by atoms with Crippen molar-refractivity contribution in [2.75, 3.05) is 38.2 Å². The van der Waals surface area contributed by atoms with Crippen LogP contribution in [0, 0.1) is 0 Å². The molecule has 1 heterocycles. The first-order valence-corrected chi connectivity index (χ1v) is 10.9. The number of alkyl halides is 1. The van der Waals surface area contributed by atoms with Gasteiger partial charge in [-0.3, -0.25) is 4.79 Å². The van der Waals surface area contributed by atoms with Crippen molar-refractivity contribution in [2.24, 2.45) is 0 Å². The van der Waals surface area contributed by atoms with E-state index in [-0.39, 0.29) is 12.5 Å². The molecule has 1 saturated heterocycles. The van der Waals surface area contributed by atoms with Crippen LogP contribution in [0.15, 0.2) is 54.6 Å². The van der Waals surface area contributed by atoms with Crippen LogP contribution < -0.4 is 9.64 Å². The number of nitrogens with zero attached hydrogens (tertiary/aromatic N) is 2. The van der Waals surface area contributed by atoms with E-state index in [1.54, 1.807) is 18.9 Å². The van der Waals surface area contributed by atoms with Gasteiger partial charge in [0.1, 0.15) is 11.1 Å². The van der Waals surface area contributed by atoms with Crippen molar-refractivity contribution >= 4 is 23.2 Å². The molecular weight excluding hydrogens is 400 g/mol. The maximum absolute atomic E-state index is 12.8. The highest BCUT2D eigenvalue weighted by Gasteiger charge is 2.36. The van der Waals surface area contributed by atoms with Gasteiger partial charge in [-0.1, -0.05) is 30.3 Å². The van der Waals surface area contributed by atoms with Gasteiger partial charge >= 0.3 is 0 Å². The summed E-state index contributed by atoms with van der Waals surface area (Å²) in [4.78, 5) is 16.8. The maximum Gasteiger partial charge on any atom is 0.244 e. The summed E-state index contributed by atoms with van der Waals surface area (Å²) in [5.41, 5.74) is 1.11. The molecule has 0 radical (unpaired) electrons. The minimum atomic E-state index is -0.926. The van der Waals surface area contributed by atoms with Crippen molar-refractivity contribution in [1.82, 2.24) is 4.90 Å². The fourth-order valence-electron chi connectivity index (χ4n) is 3.85. The van der Waals surface area contributed by atoms with Gasteiger partial charge in [0.2, 0.25) is 5.91 Å². The molecule has 1 aliphatic heterocycles. The number of aliphatic hydroxyl groups is 1. The second-order valence-electron chi connectivity index (χ2n) is 8.04. The summed E-state index contributed by atoms with van der Waals surface area (Å²) in [5, 5.41) is 10.6. The third-order valence-corrected chi connectivity index (χ3v) is 5.98. The summed E-state index contributed by atoms with van der Waals surface area (Å²) < 4.78 is 5.21. The van der Waals surface area contributed by atoms with Crippen molar-refractivity contribution in [3.05, 3.63) is 60.2 Å². The first-order chi connectivity index (χ1) is 14.4. The van der Waals surface area contributed by atoms with Crippen molar-refractivity contribution in [2.45, 2.75) is 37.2 Å². The molecule has 162 valence electrons. The number of hydrogen-bond acceptors (Lipinski definition) is 4. The topological polar surface area (TPSA) is 53.0 Å². The molecule has 30 heavy (non-hydrogen) atoms. The van der Waals surface area contributed by atoms with Crippen LogP contribution in [0.3, 0.4) is 0 Å². The minimum absolute atomic E-state index is 0.207. The largest absolute Gasteiger partial charge is 0.497 e. The molecule has 0 aromatic heterocycles. The first kappa shape index (κ1) is 22.6. The molecule has 1 amide bonds. The number of rotatable bonds is 8. The Labute approximate surface area is 184 Å². The number of ether oxygens (including phenoxy) is 1. The highest BCUT2D eigenvalue weighted by molar-refractivity contribution is 6.32. The highest BCUT2D eigenvalue weighted by atomic mass is 35.5. The average molecular weight is 431 g/mol. The monoisotopic (exact) mass is 430 g/mol. The van der Waals surface area contributed by atoms with E-state index in [4.69, 9.17) is 16.3 Å². The van der Waals surface area contributed by atoms with E-state index in [1.807, 2.05) is 30.3 Å². The second kappa shape index (κ2) is 10.3. The summed E-state index contributed by atoms with van der Waals surface area (Å²) in [7, 11) is 1.60. The van der Waals surface area contributed by atoms with Crippen LogP contribution in [-0.4, -0.2) is 60.2 Å². The number of anilines is 1. The summed E-state index contributed by atoms with van der Waals surface area (Å²) in [6.45, 7) is 4.49. The van der Waals surface area contributed by atoms with Crippen LogP contribution in [0.1, 0.15) is 25.3 Å². The summed E-state index contributed by atoms with van der Waals surface area (Å²) in [5.74, 6) is 0.511. The average Bonchev–Trinajstić information content (AvgIpc) is 2.77. The van der Waals surface area contributed by atoms with Crippen LogP contribution in [0.2, 0.25) is 0 Å². The van der Waals surface area contributed by atoms with E-state index in [9.17, 15) is 9.90 Å². The lowest BCUT2D eigenvalue weighted by molar-refractivity contribution is -0.119. The molecule has 2 aromatic carbocycles. The van der Waals surface area contributed by atoms with Gasteiger partial charge in [-0.15, -0.1) is 11.6 Å². The Kier molecular flexibility index (Phi) is 7.75. The quantitative estimate of drug-likeness (QED) is 0.648. The SMILES string of the molecule is COc1ccc(N(CC2(O)CCN(CCc3ccccc3)CC2)C(=O)C(C)Cl)cc1. The molecule has 6 heteroatoms. The maximum atomic E-state index is 12.8. The molecule has 0 bridgehead atoms. The molecule has 1 atom stereocenters. The Hall–Kier alpha value is -2.08. The number of amides is 1. The fourth-order valence-corrected chi connectivity index (χ4v) is 3.97. The highest BCUT2D eigenvalue weighted by Crippen LogP contribution is 2.28. The minimum Gasteiger partial charge on any atom is -0.497 e. The smallest absolute Gasteiger partial charge is 0.244 e. The van der Waals surface area contributed by atoms with Gasteiger partial charge in [-0.05, 0) is 56.0 Å². The van der Waals surface area contributed by atoms with Gasteiger partial charge in [0, 0.05) is 25.3 Å². The van der Waals surface area contributed by atoms with Crippen molar-refractivity contribution in [3.8, 4) is 5.75 Å². The van der Waals surface area contributed by atoms with Crippen LogP contribution in [0.25, 0.3) is 0 Å². The van der Waals surface area contributed by atoms with Gasteiger partial charge in [0.15, 0.2) is 0 Å². The zero-order valence-electron chi connectivity index (χ0n) is 17.8. The molecule has 0 saturated carbocycles. The number of halogens is 1. The van der Waals surface area contributed by atoms with Crippen LogP contribution in [0.5, 0.6) is 5.75 Å². The van der Waals surface area contributed by atoms with Crippen LogP contribution in [-0.2, 0) is 11.2 Å². The van der Waals surface area contributed by atoms with E-state index < -0.39 is 11.0 Å². The summed E-state index contributed by atoms with van der Waals surface area (Å²) in [6.07, 6.45) is 2.25. The molecule has 2 aromatic rings. The molecule has 1 aliphatic rings. The number of carbonyl (C=O) groups is 1. The molecule has 1 fully saturated rings. The number of piperidine rings is 1. The molecule has 1 unspecified atom stereocenters. The lowest BCUT2D eigenvalue weighted by Crippen LogP contribution is -2.53. The van der Waals surface area contributed by atoms with Gasteiger partial charge in [-0.2, -0.15) is 0 Å². The predicted molar refractivity (Wildman–Crippen MR) is 121 cm³/mol. The third-order valence-electron chi connectivity index (χ3n) is 5.79. The van der Waals surface area contributed by atoms with Crippen molar-refractivity contribution in [1.29, 1.82) is 0 Å². The van der Waals surface area contributed by atoms with E-state index >= 15 is 0 Å². The lowest BCUT2D eigenvalue weighted by atomic mass is 9.90. The van der Waals surface area contributed by atoms with E-state index in [1.165, 1.54) is 5.56 Å². The van der Waals surface area contributed by atoms with E-state index in [0.717, 1.165) is 31.8 Å². The fraction of sp³-hybridized carbons (Fsp3) is 0.458. The molecule has 3 rings (SSSR count). The third kappa shape index (κ3) is 5.97. The molecule has 0 aliphatic carbocycles. The zero-order chi connectivity index (χ0) is 21.6. The zero-order valence-corrected chi connectivity index (χ0v) is 18.5.